The van der Waals surface area contributed by atoms with Gasteiger partial charge in [0.05, 0.1) is 16.7 Å². The fourth-order valence-corrected chi connectivity index (χ4v) is 3.82. The Bertz CT molecular complexity index is 664. The number of nitrogens with zero attached hydrogens (tertiary/aromatic N) is 2. The number of nitrogens with one attached hydrogen (secondary N) is 1. The monoisotopic (exact) mass is 319 g/mol. The lowest BCUT2D eigenvalue weighted by atomic mass is 10.0. The first kappa shape index (κ1) is 15.2. The maximum atomic E-state index is 12.5. The highest BCUT2D eigenvalue weighted by molar-refractivity contribution is 7.14. The number of β-amino-alcohol motifs (C(OH)–C–C–N with tert-alkyl or cyclic N) is 1. The van der Waals surface area contributed by atoms with Gasteiger partial charge in [0, 0.05) is 29.6 Å². The number of carbonyl (C=O) groups excluding carboxylic acids is 1. The zero-order chi connectivity index (χ0) is 15.7. The molecule has 0 bridgehead atoms. The van der Waals surface area contributed by atoms with Gasteiger partial charge in [-0.1, -0.05) is 6.92 Å². The molecule has 5 nitrogen and oxygen atoms in total. The SMILES string of the molecule is CCc1ccc(C(=O)N2CC(O)C(Cc3cc(C)[nH]n3)C2)s1. The van der Waals surface area contributed by atoms with E-state index in [2.05, 4.69) is 17.1 Å². The van der Waals surface area contributed by atoms with Crippen LogP contribution in [0.25, 0.3) is 0 Å². The molecule has 1 saturated heterocycles. The van der Waals surface area contributed by atoms with Crippen LogP contribution in [0.3, 0.4) is 0 Å². The molecule has 2 atom stereocenters. The number of aryl methyl sites for hydroxylation is 2. The van der Waals surface area contributed by atoms with Crippen molar-refractivity contribution < 1.29 is 9.90 Å². The van der Waals surface area contributed by atoms with E-state index >= 15 is 0 Å². The number of carbonyl (C=O) groups is 1. The number of aliphatic hydroxyl groups is 1. The molecule has 2 N–H and O–H groups in total. The molecule has 1 amide bonds. The summed E-state index contributed by atoms with van der Waals surface area (Å²) in [5.74, 6) is 0.0849. The van der Waals surface area contributed by atoms with E-state index in [0.717, 1.165) is 22.7 Å². The number of rotatable bonds is 4. The van der Waals surface area contributed by atoms with Gasteiger partial charge in [-0.05, 0) is 38.0 Å². The van der Waals surface area contributed by atoms with Crippen LogP contribution in [0.2, 0.25) is 0 Å². The predicted molar refractivity (Wildman–Crippen MR) is 86.1 cm³/mol. The summed E-state index contributed by atoms with van der Waals surface area (Å²) in [4.78, 5) is 16.3. The van der Waals surface area contributed by atoms with E-state index < -0.39 is 6.10 Å². The van der Waals surface area contributed by atoms with Crippen molar-refractivity contribution in [3.8, 4) is 0 Å². The lowest BCUT2D eigenvalue weighted by molar-refractivity contribution is 0.0769. The van der Waals surface area contributed by atoms with E-state index in [9.17, 15) is 9.90 Å². The normalized spacial score (nSPS) is 21.5. The second-order valence-electron chi connectivity index (χ2n) is 5.90. The summed E-state index contributed by atoms with van der Waals surface area (Å²) < 4.78 is 0. The molecule has 2 unspecified atom stereocenters. The van der Waals surface area contributed by atoms with Crippen molar-refractivity contribution in [1.29, 1.82) is 0 Å². The molecule has 3 heterocycles. The summed E-state index contributed by atoms with van der Waals surface area (Å²) in [6.07, 6.45) is 1.16. The third-order valence-electron chi connectivity index (χ3n) is 4.14. The highest BCUT2D eigenvalue weighted by Crippen LogP contribution is 2.25. The standard InChI is InChI=1S/C16H21N3O2S/c1-3-13-4-5-15(22-13)16(21)19-8-11(14(20)9-19)7-12-6-10(2)17-18-12/h4-6,11,14,20H,3,7-9H2,1-2H3,(H,17,18). The molecule has 1 aliphatic heterocycles. The van der Waals surface area contributed by atoms with Crippen molar-refractivity contribution in [1.82, 2.24) is 15.1 Å². The zero-order valence-corrected chi connectivity index (χ0v) is 13.7. The highest BCUT2D eigenvalue weighted by atomic mass is 32.1. The third-order valence-corrected chi connectivity index (χ3v) is 5.36. The fraction of sp³-hybridized carbons (Fsp3) is 0.500. The molecular formula is C16H21N3O2S. The van der Waals surface area contributed by atoms with E-state index in [4.69, 9.17) is 0 Å². The molecule has 6 heteroatoms. The number of hydrogen-bond donors (Lipinski definition) is 2. The van der Waals surface area contributed by atoms with Crippen molar-refractivity contribution in [2.45, 2.75) is 32.8 Å². The number of thiophene rings is 1. The van der Waals surface area contributed by atoms with Crippen LogP contribution in [0.4, 0.5) is 0 Å². The van der Waals surface area contributed by atoms with Gasteiger partial charge in [0.1, 0.15) is 0 Å². The first-order chi connectivity index (χ1) is 10.6. The van der Waals surface area contributed by atoms with E-state index in [-0.39, 0.29) is 11.8 Å². The lowest BCUT2D eigenvalue weighted by Crippen LogP contribution is -2.28. The van der Waals surface area contributed by atoms with Gasteiger partial charge in [0.2, 0.25) is 0 Å². The molecule has 2 aromatic heterocycles. The zero-order valence-electron chi connectivity index (χ0n) is 12.9. The van der Waals surface area contributed by atoms with Crippen LogP contribution in [0, 0.1) is 12.8 Å². The topological polar surface area (TPSA) is 69.2 Å². The van der Waals surface area contributed by atoms with Gasteiger partial charge in [-0.2, -0.15) is 5.10 Å². The number of likely N-dealkylation sites (tertiary alicyclic amines) is 1. The van der Waals surface area contributed by atoms with Crippen LogP contribution in [0.5, 0.6) is 0 Å². The Morgan fingerprint density at radius 2 is 2.32 bits per heavy atom. The van der Waals surface area contributed by atoms with Crippen LogP contribution in [-0.2, 0) is 12.8 Å². The molecule has 22 heavy (non-hydrogen) atoms. The Labute approximate surface area is 134 Å². The first-order valence-corrected chi connectivity index (χ1v) is 8.45. The summed E-state index contributed by atoms with van der Waals surface area (Å²) in [5, 5.41) is 17.4. The maximum Gasteiger partial charge on any atom is 0.264 e. The quantitative estimate of drug-likeness (QED) is 0.906. The van der Waals surface area contributed by atoms with Gasteiger partial charge in [-0.15, -0.1) is 11.3 Å². The minimum atomic E-state index is -0.480. The minimum Gasteiger partial charge on any atom is -0.391 e. The minimum absolute atomic E-state index is 0.0319. The number of hydrogen-bond acceptors (Lipinski definition) is 4. The molecule has 118 valence electrons. The molecule has 0 aliphatic carbocycles. The summed E-state index contributed by atoms with van der Waals surface area (Å²) >= 11 is 1.55. The predicted octanol–water partition coefficient (Wildman–Crippen LogP) is 2.02. The van der Waals surface area contributed by atoms with Gasteiger partial charge >= 0.3 is 0 Å². The van der Waals surface area contributed by atoms with Crippen LogP contribution >= 0.6 is 11.3 Å². The molecule has 0 aromatic carbocycles. The average Bonchev–Trinajstić information content (AvgIpc) is 3.20. The van der Waals surface area contributed by atoms with Gasteiger partial charge in [-0.3, -0.25) is 9.89 Å². The van der Waals surface area contributed by atoms with Crippen LogP contribution in [-0.4, -0.2) is 45.3 Å². The van der Waals surface area contributed by atoms with Crippen LogP contribution < -0.4 is 0 Å². The largest absolute Gasteiger partial charge is 0.391 e. The van der Waals surface area contributed by atoms with Crippen molar-refractivity contribution in [2.24, 2.45) is 5.92 Å². The van der Waals surface area contributed by atoms with Gasteiger partial charge in [-0.25, -0.2) is 0 Å². The van der Waals surface area contributed by atoms with Crippen molar-refractivity contribution in [3.63, 3.8) is 0 Å². The Morgan fingerprint density at radius 1 is 1.50 bits per heavy atom. The first-order valence-electron chi connectivity index (χ1n) is 7.63. The van der Waals surface area contributed by atoms with Gasteiger partial charge in [0.25, 0.3) is 5.91 Å². The lowest BCUT2D eigenvalue weighted by Gasteiger charge is -2.14. The van der Waals surface area contributed by atoms with Gasteiger partial charge < -0.3 is 10.0 Å². The Hall–Kier alpha value is -1.66. The molecule has 0 spiro atoms. The summed E-state index contributed by atoms with van der Waals surface area (Å²) in [6.45, 7) is 5.04. The number of aromatic nitrogens is 2. The smallest absolute Gasteiger partial charge is 0.264 e. The second-order valence-corrected chi connectivity index (χ2v) is 7.07. The molecule has 1 fully saturated rings. The summed E-state index contributed by atoms with van der Waals surface area (Å²) in [5.41, 5.74) is 1.96. The van der Waals surface area contributed by atoms with E-state index in [1.54, 1.807) is 16.2 Å². The summed E-state index contributed by atoms with van der Waals surface area (Å²) in [6, 6.07) is 5.89. The second kappa shape index (κ2) is 6.22. The van der Waals surface area contributed by atoms with E-state index in [1.807, 2.05) is 25.1 Å². The Morgan fingerprint density at radius 3 is 2.95 bits per heavy atom. The van der Waals surface area contributed by atoms with Crippen molar-refractivity contribution in [3.05, 3.63) is 39.3 Å². The molecule has 3 rings (SSSR count). The Balaban J connectivity index is 1.65. The summed E-state index contributed by atoms with van der Waals surface area (Å²) in [7, 11) is 0. The Kier molecular flexibility index (Phi) is 4.31. The highest BCUT2D eigenvalue weighted by Gasteiger charge is 2.35. The average molecular weight is 319 g/mol. The molecule has 0 saturated carbocycles. The molecular weight excluding hydrogens is 298 g/mol. The molecule has 2 aromatic rings. The fourth-order valence-electron chi connectivity index (χ4n) is 2.91. The van der Waals surface area contributed by atoms with E-state index in [0.29, 0.717) is 19.5 Å². The van der Waals surface area contributed by atoms with Gasteiger partial charge in [0.15, 0.2) is 0 Å². The third kappa shape index (κ3) is 3.08. The number of amides is 1. The van der Waals surface area contributed by atoms with Crippen LogP contribution in [0.1, 0.15) is 32.9 Å². The molecule has 1 aliphatic rings. The van der Waals surface area contributed by atoms with Crippen LogP contribution in [0.15, 0.2) is 18.2 Å². The maximum absolute atomic E-state index is 12.5. The number of aromatic amines is 1. The molecule has 0 radical (unpaired) electrons. The van der Waals surface area contributed by atoms with E-state index in [1.165, 1.54) is 4.88 Å². The van der Waals surface area contributed by atoms with Crippen molar-refractivity contribution in [2.75, 3.05) is 13.1 Å². The van der Waals surface area contributed by atoms with Crippen molar-refractivity contribution >= 4 is 17.2 Å². The number of H-pyrrole nitrogens is 1. The number of aliphatic hydroxyl groups excluding tert-OH is 1.